The predicted molar refractivity (Wildman–Crippen MR) is 292 cm³/mol. The SMILES string of the molecule is CCC(Oc1ccc(C(C)(C)CC)cc1C(C)(C)CC)C(=O)Nc1ccc(Cl)c(NC(=O)C(Oc2ccc(S(=O)(=O)Nc3cccc4c(O)c(C)cc(N=Nc5ccc(SOO[O-])cc5)c34)cc2)C(=O)C(C)(C)C)c1.[Na+]. The molecule has 0 aliphatic heterocycles. The van der Waals surface area contributed by atoms with Crippen LogP contribution in [0.4, 0.5) is 28.4 Å². The molecule has 2 atom stereocenters. The van der Waals surface area contributed by atoms with Gasteiger partial charge in [0.2, 0.25) is 6.10 Å². The molecule has 0 aliphatic carbocycles. The zero-order valence-corrected chi connectivity index (χ0v) is 49.2. The van der Waals surface area contributed by atoms with Crippen LogP contribution in [0.25, 0.3) is 10.8 Å². The second-order valence-corrected chi connectivity index (χ2v) is 23.1. The first-order chi connectivity index (χ1) is 35.3. The number of azo groups is 1. The van der Waals surface area contributed by atoms with Gasteiger partial charge in [-0.3, -0.25) is 24.1 Å². The smallest absolute Gasteiger partial charge is 0.691 e. The van der Waals surface area contributed by atoms with E-state index in [4.69, 9.17) is 21.1 Å². The standard InChI is InChI=1S/C56H64ClN5O11S2.Na/c1-12-46(71-47-29-18-34(55(8,9)13-2)31-41(47)56(10,11)14-3)52(65)58-36-21-28-42(57)44(32-36)59-53(66)50(51(64)54(5,6)7)70-37-22-26-39(27-23-37)75(68,69)62-43-17-15-16-40-48(43)45(30-33(4)49(40)63)61-60-35-19-24-38(25-20-35)74-73-72-67;/h15-32,46,50,62-63,67H,12-14H2,1-11H3,(H,58,65)(H,59,66);/q;+1/p-1. The van der Waals surface area contributed by atoms with Crippen LogP contribution in [-0.2, 0) is 44.6 Å². The van der Waals surface area contributed by atoms with E-state index in [2.05, 4.69) is 88.6 Å². The fourth-order valence-corrected chi connectivity index (χ4v) is 9.30. The van der Waals surface area contributed by atoms with Gasteiger partial charge in [0.05, 0.1) is 44.7 Å². The molecular formula is C56H63ClN5NaO11S2. The molecule has 398 valence electrons. The Labute approximate surface area is 476 Å². The topological polar surface area (TPSA) is 226 Å². The van der Waals surface area contributed by atoms with Crippen molar-refractivity contribution in [3.63, 3.8) is 0 Å². The summed E-state index contributed by atoms with van der Waals surface area (Å²) in [7, 11) is -4.33. The van der Waals surface area contributed by atoms with Crippen molar-refractivity contribution in [1.29, 1.82) is 0 Å². The average Bonchev–Trinajstić information content (AvgIpc) is 3.37. The van der Waals surface area contributed by atoms with Crippen molar-refractivity contribution in [1.82, 2.24) is 0 Å². The third-order valence-corrected chi connectivity index (χ3v) is 15.4. The van der Waals surface area contributed by atoms with Crippen molar-refractivity contribution in [2.75, 3.05) is 15.4 Å². The number of nitrogens with one attached hydrogen (secondary N) is 3. The number of phenolic OH excluding ortho intramolecular Hbond substituents is 1. The monoisotopic (exact) mass is 1100 g/mol. The molecule has 16 nitrogen and oxygen atoms in total. The number of carbonyl (C=O) groups is 3. The van der Waals surface area contributed by atoms with Crippen molar-refractivity contribution >= 4 is 90.5 Å². The Bertz CT molecular complexity index is 3200. The first-order valence-corrected chi connectivity index (χ1v) is 26.9. The van der Waals surface area contributed by atoms with Gasteiger partial charge in [-0.05, 0) is 133 Å². The molecule has 76 heavy (non-hydrogen) atoms. The Morgan fingerprint density at radius 2 is 1.45 bits per heavy atom. The molecule has 4 N–H and O–H groups in total. The second-order valence-electron chi connectivity index (χ2n) is 20.3. The van der Waals surface area contributed by atoms with E-state index >= 15 is 0 Å². The Hall–Kier alpha value is -5.54. The van der Waals surface area contributed by atoms with Gasteiger partial charge >= 0.3 is 29.6 Å². The van der Waals surface area contributed by atoms with Crippen LogP contribution in [-0.4, -0.2) is 43.3 Å². The van der Waals surface area contributed by atoms with E-state index in [0.29, 0.717) is 51.4 Å². The van der Waals surface area contributed by atoms with Gasteiger partial charge in [0.25, 0.3) is 21.8 Å². The zero-order chi connectivity index (χ0) is 55.0. The number of hydrogen-bond donors (Lipinski definition) is 4. The fourth-order valence-electron chi connectivity index (χ4n) is 7.71. The maximum absolute atomic E-state index is 14.1. The van der Waals surface area contributed by atoms with Crippen LogP contribution < -0.4 is 59.6 Å². The molecule has 0 heterocycles. The molecule has 6 aromatic carbocycles. The van der Waals surface area contributed by atoms with Crippen molar-refractivity contribution in [2.45, 2.75) is 128 Å². The minimum Gasteiger partial charge on any atom is -0.691 e. The van der Waals surface area contributed by atoms with Crippen LogP contribution in [0.5, 0.6) is 17.2 Å². The Morgan fingerprint density at radius 1 is 0.776 bits per heavy atom. The molecule has 6 rings (SSSR count). The molecule has 0 aliphatic rings. The Morgan fingerprint density at radius 3 is 2.07 bits per heavy atom. The minimum absolute atomic E-state index is 0. The normalized spacial score (nSPS) is 12.9. The van der Waals surface area contributed by atoms with E-state index in [1.54, 1.807) is 76.2 Å². The first kappa shape index (κ1) is 61.3. The quantitative estimate of drug-likeness (QED) is 0.0124. The molecule has 0 radical (unpaired) electrons. The zero-order valence-electron chi connectivity index (χ0n) is 44.8. The molecule has 0 saturated carbocycles. The number of ketones is 1. The van der Waals surface area contributed by atoms with E-state index in [-0.39, 0.29) is 84.3 Å². The first-order valence-electron chi connectivity index (χ1n) is 24.3. The second kappa shape index (κ2) is 25.7. The number of aromatic hydroxyl groups is 1. The number of Topliss-reactive ketones (excluding diaryl/α,β-unsaturated/α-hetero) is 1. The van der Waals surface area contributed by atoms with Crippen molar-refractivity contribution < 1.29 is 81.6 Å². The molecule has 20 heteroatoms. The van der Waals surface area contributed by atoms with E-state index in [1.807, 2.05) is 13.0 Å². The van der Waals surface area contributed by atoms with Gasteiger partial charge in [-0.1, -0.05) is 105 Å². The van der Waals surface area contributed by atoms with Gasteiger partial charge in [-0.25, -0.2) is 8.42 Å². The number of anilines is 3. The number of sulfonamides is 1. The number of carbonyl (C=O) groups excluding carboxylic acids is 3. The largest absolute Gasteiger partial charge is 1.00 e. The number of benzene rings is 6. The Kier molecular flexibility index (Phi) is 20.8. The number of rotatable bonds is 22. The maximum atomic E-state index is 14.1. The van der Waals surface area contributed by atoms with Gasteiger partial charge in [0, 0.05) is 32.3 Å². The van der Waals surface area contributed by atoms with Crippen LogP contribution in [0.3, 0.4) is 0 Å². The van der Waals surface area contributed by atoms with Gasteiger partial charge in [0.1, 0.15) is 17.2 Å². The molecule has 6 aromatic rings. The van der Waals surface area contributed by atoms with Crippen LogP contribution in [0.1, 0.15) is 105 Å². The molecule has 0 saturated heterocycles. The van der Waals surface area contributed by atoms with E-state index in [0.717, 1.165) is 18.4 Å². The van der Waals surface area contributed by atoms with Crippen molar-refractivity contribution in [3.8, 4) is 17.2 Å². The molecule has 2 unspecified atom stereocenters. The summed E-state index contributed by atoms with van der Waals surface area (Å²) in [5.74, 6) is -1.32. The summed E-state index contributed by atoms with van der Waals surface area (Å²) in [6, 6.07) is 28.6. The summed E-state index contributed by atoms with van der Waals surface area (Å²) in [6.07, 6.45) is -0.435. The van der Waals surface area contributed by atoms with Gasteiger partial charge in [0.15, 0.2) is 11.9 Å². The van der Waals surface area contributed by atoms with Crippen LogP contribution in [0.2, 0.25) is 5.02 Å². The fraction of sp³-hybridized carbons (Fsp3) is 0.339. The van der Waals surface area contributed by atoms with Crippen LogP contribution in [0.15, 0.2) is 129 Å². The third-order valence-electron chi connectivity index (χ3n) is 13.1. The molecule has 0 spiro atoms. The van der Waals surface area contributed by atoms with Crippen LogP contribution in [0, 0.1) is 12.3 Å². The third kappa shape index (κ3) is 14.9. The summed E-state index contributed by atoms with van der Waals surface area (Å²) in [5, 5.41) is 39.6. The molecule has 2 amide bonds. The van der Waals surface area contributed by atoms with E-state index in [9.17, 15) is 33.2 Å². The Balaban J connectivity index is 0.0000107. The number of aryl methyl sites for hydroxylation is 1. The summed E-state index contributed by atoms with van der Waals surface area (Å²) in [4.78, 5) is 42.2. The number of amides is 2. The van der Waals surface area contributed by atoms with Gasteiger partial charge < -0.3 is 30.5 Å². The summed E-state index contributed by atoms with van der Waals surface area (Å²) < 4.78 is 47.4. The number of phenols is 1. The molecule has 0 aromatic heterocycles. The maximum Gasteiger partial charge on any atom is 1.00 e. The summed E-state index contributed by atoms with van der Waals surface area (Å²) in [5.41, 5.74) is 2.48. The molecular weight excluding hydrogens is 1040 g/mol. The van der Waals surface area contributed by atoms with Crippen molar-refractivity contribution in [3.05, 3.63) is 131 Å². The minimum atomic E-state index is -4.33. The summed E-state index contributed by atoms with van der Waals surface area (Å²) >= 11 is 7.30. The average molecular weight is 1100 g/mol. The number of halogens is 1. The van der Waals surface area contributed by atoms with E-state index in [1.165, 1.54) is 48.0 Å². The van der Waals surface area contributed by atoms with Gasteiger partial charge in [-0.15, -0.1) is 5.11 Å². The van der Waals surface area contributed by atoms with Crippen molar-refractivity contribution in [2.24, 2.45) is 15.6 Å². The number of hydrogen-bond acceptors (Lipinski definition) is 14. The van der Waals surface area contributed by atoms with Gasteiger partial charge in [-0.2, -0.15) is 9.45 Å². The van der Waals surface area contributed by atoms with Crippen LogP contribution >= 0.6 is 23.6 Å². The number of nitrogens with zero attached hydrogens (tertiary/aromatic N) is 2. The van der Waals surface area contributed by atoms with E-state index < -0.39 is 45.2 Å². The molecule has 0 bridgehead atoms. The molecule has 0 fully saturated rings. The number of ether oxygens (including phenoxy) is 2. The summed E-state index contributed by atoms with van der Waals surface area (Å²) in [6.45, 7) is 21.4. The predicted octanol–water partition coefficient (Wildman–Crippen LogP) is 10.1. The number of fused-ring (bicyclic) bond motifs is 1.